The number of hydrogen-bond donors (Lipinski definition) is 1. The maximum Gasteiger partial charge on any atom is 0.136 e. The molecule has 0 aromatic rings. The van der Waals surface area contributed by atoms with Crippen molar-refractivity contribution in [2.75, 3.05) is 6.61 Å². The Balaban J connectivity index is 2.33. The van der Waals surface area contributed by atoms with Gasteiger partial charge in [-0.25, -0.2) is 0 Å². The van der Waals surface area contributed by atoms with Crippen LogP contribution in [-0.4, -0.2) is 28.0 Å². The second-order valence-electron chi connectivity index (χ2n) is 3.79. The van der Waals surface area contributed by atoms with Gasteiger partial charge in [0.2, 0.25) is 0 Å². The van der Waals surface area contributed by atoms with Crippen LogP contribution < -0.4 is 0 Å². The Hall–Kier alpha value is -0.0200. The summed E-state index contributed by atoms with van der Waals surface area (Å²) in [6.45, 7) is 4.40. The second-order valence-corrected chi connectivity index (χ2v) is 5.47. The lowest BCUT2D eigenvalue weighted by Crippen LogP contribution is -2.15. The fourth-order valence-corrected chi connectivity index (χ4v) is 3.18. The summed E-state index contributed by atoms with van der Waals surface area (Å²) in [5.41, 5.74) is 0. The van der Waals surface area contributed by atoms with E-state index in [0.29, 0.717) is 16.3 Å². The van der Waals surface area contributed by atoms with Crippen LogP contribution in [-0.2, 0) is 4.79 Å². The maximum atomic E-state index is 11.3. The molecule has 2 nitrogen and oxygen atoms in total. The van der Waals surface area contributed by atoms with Crippen molar-refractivity contribution < 1.29 is 9.90 Å². The number of Topliss-reactive ketones (excluding diaryl/α,β-unsaturated/α-hetero) is 1. The molecule has 3 unspecified atom stereocenters. The van der Waals surface area contributed by atoms with E-state index in [4.69, 9.17) is 5.11 Å². The van der Waals surface area contributed by atoms with E-state index in [1.807, 2.05) is 18.7 Å². The maximum absolute atomic E-state index is 11.3. The number of hydrogen-bond acceptors (Lipinski definition) is 3. The molecule has 0 amide bonds. The van der Waals surface area contributed by atoms with Gasteiger partial charge in [-0.2, -0.15) is 11.8 Å². The molecule has 1 aliphatic rings. The van der Waals surface area contributed by atoms with E-state index in [2.05, 4.69) is 6.92 Å². The van der Waals surface area contributed by atoms with Crippen molar-refractivity contribution in [2.24, 2.45) is 5.92 Å². The van der Waals surface area contributed by atoms with E-state index >= 15 is 0 Å². The standard InChI is InChI=1S/C10H18O2S/c1-7(5-6-11)13-10-4-3-9(12)8(10)2/h7-8,10-11H,3-6H2,1-2H3. The largest absolute Gasteiger partial charge is 0.396 e. The van der Waals surface area contributed by atoms with Crippen LogP contribution in [0.1, 0.15) is 33.1 Å². The van der Waals surface area contributed by atoms with Gasteiger partial charge in [0.05, 0.1) is 0 Å². The van der Waals surface area contributed by atoms with E-state index < -0.39 is 0 Å². The molecule has 0 heterocycles. The zero-order chi connectivity index (χ0) is 9.84. The van der Waals surface area contributed by atoms with Crippen molar-refractivity contribution in [3.05, 3.63) is 0 Å². The Labute approximate surface area is 84.1 Å². The monoisotopic (exact) mass is 202 g/mol. The lowest BCUT2D eigenvalue weighted by molar-refractivity contribution is -0.120. The Morgan fingerprint density at radius 1 is 1.69 bits per heavy atom. The van der Waals surface area contributed by atoms with Crippen LogP contribution in [0.15, 0.2) is 0 Å². The minimum absolute atomic E-state index is 0.228. The molecule has 0 spiro atoms. The van der Waals surface area contributed by atoms with Gasteiger partial charge in [-0.05, 0) is 12.8 Å². The van der Waals surface area contributed by atoms with Crippen LogP contribution in [0.3, 0.4) is 0 Å². The molecular weight excluding hydrogens is 184 g/mol. The van der Waals surface area contributed by atoms with Crippen LogP contribution >= 0.6 is 11.8 Å². The Morgan fingerprint density at radius 3 is 2.85 bits per heavy atom. The van der Waals surface area contributed by atoms with E-state index in [0.717, 1.165) is 19.3 Å². The van der Waals surface area contributed by atoms with Crippen molar-refractivity contribution >= 4 is 17.5 Å². The summed E-state index contributed by atoms with van der Waals surface area (Å²) in [5.74, 6) is 0.639. The third kappa shape index (κ3) is 2.99. The van der Waals surface area contributed by atoms with Crippen molar-refractivity contribution in [2.45, 2.75) is 43.6 Å². The highest BCUT2D eigenvalue weighted by Crippen LogP contribution is 2.35. The van der Waals surface area contributed by atoms with Crippen molar-refractivity contribution in [3.63, 3.8) is 0 Å². The lowest BCUT2D eigenvalue weighted by Gasteiger charge is -2.18. The molecule has 76 valence electrons. The highest BCUT2D eigenvalue weighted by molar-refractivity contribution is 8.00. The molecule has 0 bridgehead atoms. The smallest absolute Gasteiger partial charge is 0.136 e. The summed E-state index contributed by atoms with van der Waals surface area (Å²) in [6.07, 6.45) is 2.62. The summed E-state index contributed by atoms with van der Waals surface area (Å²) in [5, 5.41) is 9.72. The van der Waals surface area contributed by atoms with E-state index in [1.165, 1.54) is 0 Å². The molecule has 13 heavy (non-hydrogen) atoms. The van der Waals surface area contributed by atoms with Gasteiger partial charge in [0, 0.05) is 29.4 Å². The van der Waals surface area contributed by atoms with Crippen LogP contribution in [0.5, 0.6) is 0 Å². The number of aliphatic hydroxyl groups excluding tert-OH is 1. The van der Waals surface area contributed by atoms with Gasteiger partial charge in [0.1, 0.15) is 5.78 Å². The second kappa shape index (κ2) is 5.01. The van der Waals surface area contributed by atoms with Gasteiger partial charge < -0.3 is 5.11 Å². The lowest BCUT2D eigenvalue weighted by atomic mass is 10.1. The van der Waals surface area contributed by atoms with Gasteiger partial charge >= 0.3 is 0 Å². The van der Waals surface area contributed by atoms with Gasteiger partial charge in [-0.15, -0.1) is 0 Å². The molecule has 0 radical (unpaired) electrons. The summed E-state index contributed by atoms with van der Waals surface area (Å²) >= 11 is 1.86. The number of carbonyl (C=O) groups excluding carboxylic acids is 1. The average Bonchev–Trinajstić information content (AvgIpc) is 2.37. The summed E-state index contributed by atoms with van der Waals surface area (Å²) < 4.78 is 0. The molecule has 0 aromatic carbocycles. The SMILES string of the molecule is CC(CCO)SC1CCC(=O)C1C. The summed E-state index contributed by atoms with van der Waals surface area (Å²) in [7, 11) is 0. The van der Waals surface area contributed by atoms with Crippen LogP contribution in [0.25, 0.3) is 0 Å². The van der Waals surface area contributed by atoms with Crippen LogP contribution in [0.4, 0.5) is 0 Å². The van der Waals surface area contributed by atoms with Crippen molar-refractivity contribution in [1.29, 1.82) is 0 Å². The molecule has 1 fully saturated rings. The predicted molar refractivity (Wildman–Crippen MR) is 55.9 cm³/mol. The number of rotatable bonds is 4. The third-order valence-electron chi connectivity index (χ3n) is 2.68. The molecule has 0 saturated heterocycles. The zero-order valence-corrected chi connectivity index (χ0v) is 9.14. The fraction of sp³-hybridized carbons (Fsp3) is 0.900. The average molecular weight is 202 g/mol. The molecular formula is C10H18O2S. The highest BCUT2D eigenvalue weighted by atomic mass is 32.2. The van der Waals surface area contributed by atoms with Gasteiger partial charge in [0.25, 0.3) is 0 Å². The predicted octanol–water partition coefficient (Wildman–Crippen LogP) is 1.86. The normalized spacial score (nSPS) is 30.8. The first-order valence-electron chi connectivity index (χ1n) is 4.94. The first kappa shape index (κ1) is 11.1. The number of carbonyl (C=O) groups is 1. The van der Waals surface area contributed by atoms with E-state index in [9.17, 15) is 4.79 Å². The fourth-order valence-electron chi connectivity index (χ4n) is 1.70. The molecule has 1 N–H and O–H groups in total. The topological polar surface area (TPSA) is 37.3 Å². The first-order chi connectivity index (χ1) is 6.15. The Kier molecular flexibility index (Phi) is 4.26. The quantitative estimate of drug-likeness (QED) is 0.756. The number of thioether (sulfide) groups is 1. The summed E-state index contributed by atoms with van der Waals surface area (Å²) in [6, 6.07) is 0. The molecule has 1 rings (SSSR count). The molecule has 3 heteroatoms. The van der Waals surface area contributed by atoms with Crippen molar-refractivity contribution in [1.82, 2.24) is 0 Å². The van der Waals surface area contributed by atoms with Gasteiger partial charge in [-0.3, -0.25) is 4.79 Å². The molecule has 0 aliphatic heterocycles. The number of aliphatic hydroxyl groups is 1. The number of ketones is 1. The van der Waals surface area contributed by atoms with Gasteiger partial charge in [-0.1, -0.05) is 13.8 Å². The molecule has 0 aromatic heterocycles. The van der Waals surface area contributed by atoms with Crippen LogP contribution in [0.2, 0.25) is 0 Å². The molecule has 1 saturated carbocycles. The first-order valence-corrected chi connectivity index (χ1v) is 5.88. The molecule has 1 aliphatic carbocycles. The minimum Gasteiger partial charge on any atom is -0.396 e. The van der Waals surface area contributed by atoms with Gasteiger partial charge in [0.15, 0.2) is 0 Å². The van der Waals surface area contributed by atoms with Crippen LogP contribution in [0, 0.1) is 5.92 Å². The molecule has 3 atom stereocenters. The zero-order valence-electron chi connectivity index (χ0n) is 8.32. The summed E-state index contributed by atoms with van der Waals surface area (Å²) in [4.78, 5) is 11.3. The minimum atomic E-state index is 0.228. The third-order valence-corrected chi connectivity index (χ3v) is 4.38. The van der Waals surface area contributed by atoms with Crippen molar-refractivity contribution in [3.8, 4) is 0 Å². The highest BCUT2D eigenvalue weighted by Gasteiger charge is 2.31. The van der Waals surface area contributed by atoms with E-state index in [-0.39, 0.29) is 12.5 Å². The van der Waals surface area contributed by atoms with E-state index in [1.54, 1.807) is 0 Å². The Morgan fingerprint density at radius 2 is 2.38 bits per heavy atom. The Bertz CT molecular complexity index is 182.